The number of fused-ring (bicyclic) bond motifs is 2. The number of aromatic nitrogens is 1. The molecule has 4 atom stereocenters. The largest absolute Gasteiger partial charge is 0.342 e. The molecular formula is C22H27N3OS. The number of nitrogens with zero attached hydrogens (tertiary/aromatic N) is 2. The lowest BCUT2D eigenvalue weighted by atomic mass is 9.82. The van der Waals surface area contributed by atoms with E-state index in [1.165, 1.54) is 4.70 Å². The number of allylic oxidation sites excluding steroid dienone is 2. The maximum absolute atomic E-state index is 13.5. The van der Waals surface area contributed by atoms with Gasteiger partial charge in [0.25, 0.3) is 0 Å². The first-order chi connectivity index (χ1) is 13.3. The van der Waals surface area contributed by atoms with Crippen molar-refractivity contribution in [3.05, 3.63) is 41.4 Å². The summed E-state index contributed by atoms with van der Waals surface area (Å²) in [6, 6.07) is 8.31. The number of hydrogen-bond acceptors (Lipinski definition) is 4. The molecule has 2 aromatic rings. The molecule has 1 N–H and O–H groups in total. The van der Waals surface area contributed by atoms with Gasteiger partial charge in [-0.3, -0.25) is 4.79 Å². The lowest BCUT2D eigenvalue weighted by Gasteiger charge is -2.31. The molecule has 0 saturated carbocycles. The third-order valence-electron chi connectivity index (χ3n) is 6.71. The van der Waals surface area contributed by atoms with Gasteiger partial charge in [-0.15, -0.1) is 11.3 Å². The van der Waals surface area contributed by atoms with E-state index in [0.29, 0.717) is 5.91 Å². The molecule has 1 aromatic carbocycles. The van der Waals surface area contributed by atoms with E-state index in [1.54, 1.807) is 11.3 Å². The normalized spacial score (nSPS) is 31.0. The average Bonchev–Trinajstić information content (AvgIpc) is 3.29. The Morgan fingerprint density at radius 2 is 1.81 bits per heavy atom. The molecule has 2 unspecified atom stereocenters. The minimum atomic E-state index is 0.0478. The molecule has 5 heteroatoms. The van der Waals surface area contributed by atoms with E-state index in [9.17, 15) is 4.79 Å². The topological polar surface area (TPSA) is 45.2 Å². The van der Waals surface area contributed by atoms with Crippen molar-refractivity contribution in [3.8, 4) is 0 Å². The Hall–Kier alpha value is -1.72. The monoisotopic (exact) mass is 381 g/mol. The highest BCUT2D eigenvalue weighted by atomic mass is 32.1. The van der Waals surface area contributed by atoms with Gasteiger partial charge in [0.2, 0.25) is 5.91 Å². The standard InChI is InChI=1S/C22H27N3OS/c26-22(25-11-9-15-13-23-14-16(15)10-12-25)18-6-2-1-5-17(18)21-24-19-7-3-4-8-20(19)27-21/h1-4,7-8,15-18,23H,5-6,9-14H2/t15-,16+,17?,18?. The van der Waals surface area contributed by atoms with Gasteiger partial charge in [0, 0.05) is 19.0 Å². The number of benzene rings is 1. The van der Waals surface area contributed by atoms with E-state index in [4.69, 9.17) is 4.98 Å². The summed E-state index contributed by atoms with van der Waals surface area (Å²) in [6.45, 7) is 4.11. The fraction of sp³-hybridized carbons (Fsp3) is 0.545. The van der Waals surface area contributed by atoms with Crippen molar-refractivity contribution >= 4 is 27.5 Å². The summed E-state index contributed by atoms with van der Waals surface area (Å²) in [7, 11) is 0. The highest BCUT2D eigenvalue weighted by molar-refractivity contribution is 7.18. The Bertz CT molecular complexity index is 813. The van der Waals surface area contributed by atoms with E-state index in [1.807, 2.05) is 6.07 Å². The van der Waals surface area contributed by atoms with Crippen LogP contribution in [-0.2, 0) is 4.79 Å². The summed E-state index contributed by atoms with van der Waals surface area (Å²) in [6.07, 6.45) is 8.51. The van der Waals surface area contributed by atoms with Crippen molar-refractivity contribution in [1.82, 2.24) is 15.2 Å². The lowest BCUT2D eigenvalue weighted by molar-refractivity contribution is -0.136. The summed E-state index contributed by atoms with van der Waals surface area (Å²) >= 11 is 1.77. The Morgan fingerprint density at radius 1 is 1.07 bits per heavy atom. The van der Waals surface area contributed by atoms with Crippen LogP contribution in [0.15, 0.2) is 36.4 Å². The van der Waals surface area contributed by atoms with Crippen LogP contribution < -0.4 is 5.32 Å². The average molecular weight is 382 g/mol. The zero-order valence-electron chi connectivity index (χ0n) is 15.6. The Morgan fingerprint density at radius 3 is 2.59 bits per heavy atom. The molecule has 1 amide bonds. The van der Waals surface area contributed by atoms with Crippen LogP contribution in [0.25, 0.3) is 10.2 Å². The van der Waals surface area contributed by atoms with Crippen molar-refractivity contribution in [3.63, 3.8) is 0 Å². The van der Waals surface area contributed by atoms with Gasteiger partial charge in [0.15, 0.2) is 0 Å². The zero-order valence-corrected chi connectivity index (χ0v) is 16.5. The van der Waals surface area contributed by atoms with Crippen LogP contribution in [0.1, 0.15) is 36.6 Å². The lowest BCUT2D eigenvalue weighted by Crippen LogP contribution is -2.40. The third kappa shape index (κ3) is 3.32. The third-order valence-corrected chi connectivity index (χ3v) is 7.88. The second kappa shape index (κ2) is 7.36. The molecule has 142 valence electrons. The van der Waals surface area contributed by atoms with Gasteiger partial charge in [-0.05, 0) is 62.7 Å². The van der Waals surface area contributed by atoms with Crippen LogP contribution in [0.4, 0.5) is 0 Å². The fourth-order valence-corrected chi connectivity index (χ4v) is 6.23. The first-order valence-corrected chi connectivity index (χ1v) is 11.1. The van der Waals surface area contributed by atoms with Crippen LogP contribution in [0.2, 0.25) is 0 Å². The molecule has 1 aliphatic carbocycles. The molecule has 0 spiro atoms. The van der Waals surface area contributed by atoms with E-state index in [-0.39, 0.29) is 11.8 Å². The van der Waals surface area contributed by atoms with Crippen LogP contribution in [0.3, 0.4) is 0 Å². The Kier molecular flexibility index (Phi) is 4.74. The number of hydrogen-bond donors (Lipinski definition) is 1. The number of likely N-dealkylation sites (tertiary alicyclic amines) is 1. The smallest absolute Gasteiger partial charge is 0.226 e. The Balaban J connectivity index is 1.37. The van der Waals surface area contributed by atoms with Crippen LogP contribution in [0.5, 0.6) is 0 Å². The number of carbonyl (C=O) groups excluding carboxylic acids is 1. The summed E-state index contributed by atoms with van der Waals surface area (Å²) in [5.41, 5.74) is 1.06. The number of amides is 1. The van der Waals surface area contributed by atoms with Gasteiger partial charge in [0.1, 0.15) is 0 Å². The summed E-state index contributed by atoms with van der Waals surface area (Å²) in [5.74, 6) is 2.15. The summed E-state index contributed by atoms with van der Waals surface area (Å²) < 4.78 is 1.23. The molecule has 0 bridgehead atoms. The van der Waals surface area contributed by atoms with Gasteiger partial charge in [0.05, 0.1) is 21.1 Å². The molecule has 3 heterocycles. The zero-order chi connectivity index (χ0) is 18.2. The molecule has 2 fully saturated rings. The number of rotatable bonds is 2. The maximum atomic E-state index is 13.5. The van der Waals surface area contributed by atoms with E-state index in [2.05, 4.69) is 40.6 Å². The van der Waals surface area contributed by atoms with Gasteiger partial charge >= 0.3 is 0 Å². The minimum Gasteiger partial charge on any atom is -0.342 e. The van der Waals surface area contributed by atoms with E-state index in [0.717, 1.165) is 74.2 Å². The van der Waals surface area contributed by atoms with Crippen LogP contribution >= 0.6 is 11.3 Å². The first kappa shape index (κ1) is 17.4. The second-order valence-corrected chi connectivity index (χ2v) is 9.32. The van der Waals surface area contributed by atoms with E-state index >= 15 is 0 Å². The van der Waals surface area contributed by atoms with Crippen molar-refractivity contribution in [2.75, 3.05) is 26.2 Å². The molecule has 2 saturated heterocycles. The molecule has 1 aromatic heterocycles. The van der Waals surface area contributed by atoms with Crippen molar-refractivity contribution in [2.24, 2.45) is 17.8 Å². The second-order valence-electron chi connectivity index (χ2n) is 8.26. The van der Waals surface area contributed by atoms with Gasteiger partial charge < -0.3 is 10.2 Å². The molecule has 5 rings (SSSR count). The van der Waals surface area contributed by atoms with Gasteiger partial charge in [-0.2, -0.15) is 0 Å². The molecule has 0 radical (unpaired) electrons. The molecule has 4 nitrogen and oxygen atoms in total. The van der Waals surface area contributed by atoms with E-state index < -0.39 is 0 Å². The SMILES string of the molecule is O=C(C1CC=CCC1c1nc2ccccc2s1)N1CC[C@@H]2CNC[C@@H]2CC1. The number of nitrogens with one attached hydrogen (secondary N) is 1. The van der Waals surface area contributed by atoms with Gasteiger partial charge in [-0.1, -0.05) is 24.3 Å². The first-order valence-electron chi connectivity index (χ1n) is 10.3. The van der Waals surface area contributed by atoms with Crippen molar-refractivity contribution in [2.45, 2.75) is 31.6 Å². The van der Waals surface area contributed by atoms with Gasteiger partial charge in [-0.25, -0.2) is 4.98 Å². The number of thiazole rings is 1. The number of para-hydroxylation sites is 1. The van der Waals surface area contributed by atoms with Crippen LogP contribution in [-0.4, -0.2) is 42.0 Å². The van der Waals surface area contributed by atoms with Crippen molar-refractivity contribution in [1.29, 1.82) is 0 Å². The minimum absolute atomic E-state index is 0.0478. The summed E-state index contributed by atoms with van der Waals surface area (Å²) in [4.78, 5) is 20.5. The predicted molar refractivity (Wildman–Crippen MR) is 110 cm³/mol. The van der Waals surface area contributed by atoms with Crippen molar-refractivity contribution < 1.29 is 4.79 Å². The number of carbonyl (C=O) groups is 1. The molecule has 27 heavy (non-hydrogen) atoms. The molecular weight excluding hydrogens is 354 g/mol. The molecule has 2 aliphatic heterocycles. The van der Waals surface area contributed by atoms with Crippen LogP contribution in [0, 0.1) is 17.8 Å². The highest BCUT2D eigenvalue weighted by Gasteiger charge is 2.37. The maximum Gasteiger partial charge on any atom is 0.226 e. The quantitative estimate of drug-likeness (QED) is 0.805. The highest BCUT2D eigenvalue weighted by Crippen LogP contribution is 2.40. The molecule has 3 aliphatic rings. The predicted octanol–water partition coefficient (Wildman–Crippen LogP) is 3.80. The Labute approximate surface area is 164 Å². The summed E-state index contributed by atoms with van der Waals surface area (Å²) in [5, 5.41) is 4.66. The fourth-order valence-electron chi connectivity index (χ4n) is 5.08.